The van der Waals surface area contributed by atoms with Crippen LogP contribution in [-0.4, -0.2) is 34.2 Å². The number of nitrogens with zero attached hydrogens (tertiary/aromatic N) is 2. The molecule has 1 aromatic heterocycles. The highest BCUT2D eigenvalue weighted by Crippen LogP contribution is 2.48. The second-order valence-electron chi connectivity index (χ2n) is 7.55. The number of amides is 1. The van der Waals surface area contributed by atoms with Crippen molar-refractivity contribution >= 4 is 16.8 Å². The summed E-state index contributed by atoms with van der Waals surface area (Å²) >= 11 is 0. The average Bonchev–Trinajstić information content (AvgIpc) is 2.74. The van der Waals surface area contributed by atoms with E-state index in [4.69, 9.17) is 0 Å². The first-order valence-corrected chi connectivity index (χ1v) is 8.21. The number of rotatable bonds is 2. The molecule has 5 heteroatoms. The fraction of sp³-hybridized carbons (Fsp3) is 0.500. The molecule has 0 saturated heterocycles. The lowest BCUT2D eigenvalue weighted by Crippen LogP contribution is -2.43. The Morgan fingerprint density at radius 2 is 2.17 bits per heavy atom. The van der Waals surface area contributed by atoms with E-state index in [2.05, 4.69) is 29.9 Å². The third-order valence-electron chi connectivity index (χ3n) is 5.28. The normalized spacial score (nSPS) is 23.0. The van der Waals surface area contributed by atoms with Crippen LogP contribution in [0.2, 0.25) is 0 Å². The smallest absolute Gasteiger partial charge is 0.266 e. The Morgan fingerprint density at radius 3 is 2.91 bits per heavy atom. The summed E-state index contributed by atoms with van der Waals surface area (Å²) in [7, 11) is 1.95. The van der Waals surface area contributed by atoms with Crippen molar-refractivity contribution in [3.63, 3.8) is 0 Å². The van der Waals surface area contributed by atoms with Gasteiger partial charge in [0, 0.05) is 35.8 Å². The number of aliphatic hydroxyl groups excluding tert-OH is 1. The van der Waals surface area contributed by atoms with E-state index in [0.717, 1.165) is 29.3 Å². The van der Waals surface area contributed by atoms with Crippen molar-refractivity contribution in [3.8, 4) is 0 Å². The number of hydrogen-bond acceptors (Lipinski definition) is 3. The Labute approximate surface area is 135 Å². The van der Waals surface area contributed by atoms with Crippen LogP contribution < -0.4 is 5.43 Å². The number of aliphatic hydroxyl groups is 1. The van der Waals surface area contributed by atoms with Gasteiger partial charge < -0.3 is 9.67 Å². The van der Waals surface area contributed by atoms with Gasteiger partial charge in [-0.15, -0.1) is 0 Å². The molecule has 0 spiro atoms. The summed E-state index contributed by atoms with van der Waals surface area (Å²) in [6, 6.07) is 6.07. The summed E-state index contributed by atoms with van der Waals surface area (Å²) in [4.78, 5) is 12.6. The zero-order valence-electron chi connectivity index (χ0n) is 13.9. The highest BCUT2D eigenvalue weighted by atomic mass is 16.3. The topological polar surface area (TPSA) is 57.5 Å². The molecule has 1 aromatic carbocycles. The largest absolute Gasteiger partial charge is 0.395 e. The fourth-order valence-corrected chi connectivity index (χ4v) is 4.36. The number of carbonyl (C=O) groups is 1. The second-order valence-corrected chi connectivity index (χ2v) is 7.55. The number of benzene rings is 1. The lowest BCUT2D eigenvalue weighted by molar-refractivity contribution is 0.0676. The highest BCUT2D eigenvalue weighted by molar-refractivity contribution is 6.09. The van der Waals surface area contributed by atoms with E-state index in [1.807, 2.05) is 24.2 Å². The molecule has 0 bridgehead atoms. The molecule has 2 N–H and O–H groups in total. The SMILES string of the molecule is CN1NC(=O)c2cccc3c2c2c(n3CCO)CC(C)(C)CC21. The summed E-state index contributed by atoms with van der Waals surface area (Å²) in [6.07, 6.45) is 1.97. The summed E-state index contributed by atoms with van der Waals surface area (Å²) < 4.78 is 2.22. The van der Waals surface area contributed by atoms with Gasteiger partial charge in [-0.3, -0.25) is 10.2 Å². The molecule has 1 unspecified atom stereocenters. The molecule has 0 fully saturated rings. The van der Waals surface area contributed by atoms with Gasteiger partial charge in [0.15, 0.2) is 0 Å². The molecule has 1 aliphatic heterocycles. The highest BCUT2D eigenvalue weighted by Gasteiger charge is 2.41. The first-order chi connectivity index (χ1) is 10.9. The second kappa shape index (κ2) is 4.82. The van der Waals surface area contributed by atoms with Crippen LogP contribution in [0.5, 0.6) is 0 Å². The minimum Gasteiger partial charge on any atom is -0.395 e. The minimum absolute atomic E-state index is 0.0470. The molecule has 0 radical (unpaired) electrons. The molecule has 2 aliphatic rings. The summed E-state index contributed by atoms with van der Waals surface area (Å²) in [5.74, 6) is -0.0470. The van der Waals surface area contributed by atoms with E-state index in [1.54, 1.807) is 0 Å². The van der Waals surface area contributed by atoms with E-state index in [0.29, 0.717) is 6.54 Å². The molecular formula is C18H23N3O2. The third-order valence-corrected chi connectivity index (χ3v) is 5.28. The molecule has 1 amide bonds. The lowest BCUT2D eigenvalue weighted by Gasteiger charge is -2.39. The van der Waals surface area contributed by atoms with Crippen LogP contribution in [0.3, 0.4) is 0 Å². The van der Waals surface area contributed by atoms with Crippen molar-refractivity contribution in [1.29, 1.82) is 0 Å². The van der Waals surface area contributed by atoms with E-state index >= 15 is 0 Å². The molecule has 1 atom stereocenters. The maximum atomic E-state index is 12.6. The number of hydrazine groups is 1. The maximum absolute atomic E-state index is 12.6. The van der Waals surface area contributed by atoms with Gasteiger partial charge in [-0.05, 0) is 30.4 Å². The van der Waals surface area contributed by atoms with E-state index in [-0.39, 0.29) is 24.0 Å². The third kappa shape index (κ3) is 2.03. The van der Waals surface area contributed by atoms with Crippen LogP contribution in [0, 0.1) is 5.41 Å². The zero-order chi connectivity index (χ0) is 16.4. The fourth-order valence-electron chi connectivity index (χ4n) is 4.36. The first-order valence-electron chi connectivity index (χ1n) is 8.21. The van der Waals surface area contributed by atoms with Crippen molar-refractivity contribution in [3.05, 3.63) is 35.0 Å². The predicted octanol–water partition coefficient (Wildman–Crippen LogP) is 2.24. The van der Waals surface area contributed by atoms with Gasteiger partial charge in [-0.1, -0.05) is 19.9 Å². The van der Waals surface area contributed by atoms with Crippen LogP contribution >= 0.6 is 0 Å². The van der Waals surface area contributed by atoms with Crippen molar-refractivity contribution < 1.29 is 9.90 Å². The number of hydrogen-bond donors (Lipinski definition) is 2. The van der Waals surface area contributed by atoms with E-state index in [1.165, 1.54) is 11.3 Å². The van der Waals surface area contributed by atoms with Gasteiger partial charge in [0.25, 0.3) is 5.91 Å². The van der Waals surface area contributed by atoms with Crippen LogP contribution in [0.1, 0.15) is 47.9 Å². The molecule has 0 saturated carbocycles. The molecule has 1 aliphatic carbocycles. The predicted molar refractivity (Wildman–Crippen MR) is 89.1 cm³/mol. The van der Waals surface area contributed by atoms with Crippen LogP contribution in [-0.2, 0) is 13.0 Å². The van der Waals surface area contributed by atoms with Gasteiger partial charge >= 0.3 is 0 Å². The molecule has 2 heterocycles. The molecular weight excluding hydrogens is 290 g/mol. The summed E-state index contributed by atoms with van der Waals surface area (Å²) in [6.45, 7) is 5.23. The standard InChI is InChI=1S/C18H23N3O2/c1-18(2)9-13-16-14(10-18)21(7-8-22)12-6-4-5-11(15(12)16)17(23)19-20(13)3/h4-6,13,22H,7-10H2,1-3H3,(H,19,23). The van der Waals surface area contributed by atoms with Gasteiger partial charge in [0.2, 0.25) is 0 Å². The molecule has 5 nitrogen and oxygen atoms in total. The Balaban J connectivity index is 2.11. The van der Waals surface area contributed by atoms with Gasteiger partial charge in [-0.2, -0.15) is 0 Å². The van der Waals surface area contributed by atoms with Gasteiger partial charge in [0.1, 0.15) is 0 Å². The Bertz CT molecular complexity index is 806. The number of carbonyl (C=O) groups excluding carboxylic acids is 1. The quantitative estimate of drug-likeness (QED) is 0.894. The molecule has 122 valence electrons. The van der Waals surface area contributed by atoms with Crippen LogP contribution in [0.25, 0.3) is 10.9 Å². The van der Waals surface area contributed by atoms with E-state index in [9.17, 15) is 9.90 Å². The summed E-state index contributed by atoms with van der Waals surface area (Å²) in [5, 5.41) is 12.6. The average molecular weight is 313 g/mol. The molecule has 23 heavy (non-hydrogen) atoms. The van der Waals surface area contributed by atoms with Gasteiger partial charge in [0.05, 0.1) is 18.2 Å². The maximum Gasteiger partial charge on any atom is 0.266 e. The van der Waals surface area contributed by atoms with Crippen molar-refractivity contribution in [2.45, 2.75) is 39.3 Å². The van der Waals surface area contributed by atoms with Crippen molar-refractivity contribution in [2.24, 2.45) is 5.41 Å². The first kappa shape index (κ1) is 14.7. The van der Waals surface area contributed by atoms with Crippen LogP contribution in [0.4, 0.5) is 0 Å². The minimum atomic E-state index is -0.0470. The Morgan fingerprint density at radius 1 is 1.39 bits per heavy atom. The number of nitrogens with one attached hydrogen (secondary N) is 1. The monoisotopic (exact) mass is 313 g/mol. The van der Waals surface area contributed by atoms with Crippen LogP contribution in [0.15, 0.2) is 18.2 Å². The van der Waals surface area contributed by atoms with E-state index < -0.39 is 0 Å². The Kier molecular flexibility index (Phi) is 3.09. The van der Waals surface area contributed by atoms with Gasteiger partial charge in [-0.25, -0.2) is 5.01 Å². The molecule has 2 aromatic rings. The summed E-state index contributed by atoms with van der Waals surface area (Å²) in [5.41, 5.74) is 7.52. The number of aromatic nitrogens is 1. The zero-order valence-corrected chi connectivity index (χ0v) is 13.9. The van der Waals surface area contributed by atoms with Crippen molar-refractivity contribution in [1.82, 2.24) is 15.0 Å². The Hall–Kier alpha value is -1.85. The van der Waals surface area contributed by atoms with Crippen molar-refractivity contribution in [2.75, 3.05) is 13.7 Å². The lowest BCUT2D eigenvalue weighted by atomic mass is 9.73. The molecule has 4 rings (SSSR count).